The number of hydrogen-bond donors (Lipinski definition) is 0. The van der Waals surface area contributed by atoms with Crippen molar-refractivity contribution in [2.75, 3.05) is 0 Å². The third kappa shape index (κ3) is 6.16. The zero-order chi connectivity index (χ0) is 36.8. The predicted octanol–water partition coefficient (Wildman–Crippen LogP) is 9.10. The van der Waals surface area contributed by atoms with E-state index in [0.717, 1.165) is 33.0 Å². The van der Waals surface area contributed by atoms with E-state index in [4.69, 9.17) is 18.3 Å². The Bertz CT molecular complexity index is 1770. The van der Waals surface area contributed by atoms with Crippen LogP contribution in [0.25, 0.3) is 0 Å². The summed E-state index contributed by atoms with van der Waals surface area (Å²) in [6.45, 7) is 34.6. The lowest BCUT2D eigenvalue weighted by Crippen LogP contribution is -2.64. The maximum absolute atomic E-state index is 13.8. The van der Waals surface area contributed by atoms with Gasteiger partial charge in [-0.1, -0.05) is 65.9 Å². The molecule has 262 valence electrons. The standard InChI is InChI=1S/C40H54O6Si3/c1-16-49(15)33-24-27(45-47(11,12)38(5,6)7)18-21-30(33)40(31-22-19-28(25-34(31)49)46-48(13,14)39(8,9)10)32-23-26(35(41)43-37(2,3)4)17-20-29(32)36(42)44-40/h16-25H,1H2,2-15H3. The number of hydrogen-bond acceptors (Lipinski definition) is 6. The van der Waals surface area contributed by atoms with Crippen LogP contribution in [-0.4, -0.2) is 42.2 Å². The number of benzene rings is 3. The Morgan fingerprint density at radius 3 is 1.63 bits per heavy atom. The molecule has 6 nitrogen and oxygen atoms in total. The van der Waals surface area contributed by atoms with E-state index in [0.29, 0.717) is 16.7 Å². The largest absolute Gasteiger partial charge is 0.544 e. The molecule has 0 bridgehead atoms. The monoisotopic (exact) mass is 714 g/mol. The van der Waals surface area contributed by atoms with Gasteiger partial charge in [0.2, 0.25) is 16.6 Å². The van der Waals surface area contributed by atoms with Crippen LogP contribution in [0.2, 0.25) is 42.8 Å². The second kappa shape index (κ2) is 11.6. The Morgan fingerprint density at radius 1 is 0.755 bits per heavy atom. The van der Waals surface area contributed by atoms with Crippen LogP contribution in [0.3, 0.4) is 0 Å². The zero-order valence-corrected chi connectivity index (χ0v) is 34.9. The SMILES string of the molecule is C=C[Si]1(C)c2cc(O[Si](C)(C)C(C)(C)C)ccc2C2(OC(=O)c3ccc(C(=O)OC(C)(C)C)cc32)c2ccc(O[Si](C)(C)C(C)(C)C)cc21. The summed E-state index contributed by atoms with van der Waals surface area (Å²) in [6, 6.07) is 17.5. The van der Waals surface area contributed by atoms with Crippen molar-refractivity contribution in [3.63, 3.8) is 0 Å². The molecule has 0 atom stereocenters. The summed E-state index contributed by atoms with van der Waals surface area (Å²) in [4.78, 5) is 27.2. The molecule has 0 radical (unpaired) electrons. The lowest BCUT2D eigenvalue weighted by atomic mass is 9.78. The molecule has 5 rings (SSSR count). The van der Waals surface area contributed by atoms with Crippen molar-refractivity contribution in [2.24, 2.45) is 0 Å². The number of carbonyl (C=O) groups is 2. The number of ether oxygens (including phenoxy) is 2. The molecule has 0 saturated heterocycles. The molecular formula is C40H54O6Si3. The Kier molecular flexibility index (Phi) is 8.70. The van der Waals surface area contributed by atoms with Gasteiger partial charge in [0.05, 0.1) is 11.1 Å². The first-order valence-electron chi connectivity index (χ1n) is 17.2. The molecular weight excluding hydrogens is 661 g/mol. The van der Waals surface area contributed by atoms with Crippen LogP contribution in [0.1, 0.15) is 99.7 Å². The molecule has 0 amide bonds. The van der Waals surface area contributed by atoms with E-state index in [2.05, 4.69) is 111 Å². The highest BCUT2D eigenvalue weighted by Crippen LogP contribution is 2.50. The van der Waals surface area contributed by atoms with Crippen LogP contribution < -0.4 is 19.2 Å². The van der Waals surface area contributed by atoms with Gasteiger partial charge in [0.1, 0.15) is 25.2 Å². The van der Waals surface area contributed by atoms with Gasteiger partial charge in [-0.05, 0) is 110 Å². The van der Waals surface area contributed by atoms with Crippen LogP contribution in [0.4, 0.5) is 0 Å². The summed E-state index contributed by atoms with van der Waals surface area (Å²) < 4.78 is 26.1. The molecule has 3 aromatic carbocycles. The van der Waals surface area contributed by atoms with Gasteiger partial charge < -0.3 is 18.3 Å². The minimum Gasteiger partial charge on any atom is -0.544 e. The molecule has 2 aliphatic rings. The topological polar surface area (TPSA) is 71.1 Å². The predicted molar refractivity (Wildman–Crippen MR) is 207 cm³/mol. The highest BCUT2D eigenvalue weighted by atomic mass is 28.4. The first-order chi connectivity index (χ1) is 22.3. The van der Waals surface area contributed by atoms with E-state index >= 15 is 0 Å². The van der Waals surface area contributed by atoms with Crippen LogP contribution in [-0.2, 0) is 15.1 Å². The van der Waals surface area contributed by atoms with Crippen LogP contribution in [0, 0.1) is 0 Å². The van der Waals surface area contributed by atoms with E-state index < -0.39 is 47.8 Å². The zero-order valence-electron chi connectivity index (χ0n) is 31.9. The van der Waals surface area contributed by atoms with Gasteiger partial charge in [0.15, 0.2) is 5.60 Å². The smallest absolute Gasteiger partial charge is 0.340 e. The van der Waals surface area contributed by atoms with Crippen molar-refractivity contribution in [1.29, 1.82) is 0 Å². The average molecular weight is 715 g/mol. The maximum Gasteiger partial charge on any atom is 0.340 e. The fourth-order valence-corrected chi connectivity index (χ4v) is 11.5. The molecule has 0 saturated carbocycles. The molecule has 0 aromatic heterocycles. The van der Waals surface area contributed by atoms with Crippen LogP contribution in [0.15, 0.2) is 66.9 Å². The van der Waals surface area contributed by atoms with E-state index in [1.807, 2.05) is 32.9 Å². The summed E-state index contributed by atoms with van der Waals surface area (Å²) >= 11 is 0. The van der Waals surface area contributed by atoms with Crippen LogP contribution >= 0.6 is 0 Å². The third-order valence-electron chi connectivity index (χ3n) is 11.1. The van der Waals surface area contributed by atoms with Crippen LogP contribution in [0.5, 0.6) is 11.5 Å². The summed E-state index contributed by atoms with van der Waals surface area (Å²) in [6.07, 6.45) is 0. The molecule has 0 N–H and O–H groups in total. The number of rotatable bonds is 6. The lowest BCUT2D eigenvalue weighted by Gasteiger charge is -2.45. The molecule has 0 fully saturated rings. The summed E-state index contributed by atoms with van der Waals surface area (Å²) in [7, 11) is -7.08. The van der Waals surface area contributed by atoms with Crippen molar-refractivity contribution in [1.82, 2.24) is 0 Å². The molecule has 2 aliphatic heterocycles. The van der Waals surface area contributed by atoms with E-state index in [1.165, 1.54) is 0 Å². The van der Waals surface area contributed by atoms with Gasteiger partial charge in [-0.15, -0.1) is 6.58 Å². The first kappa shape index (κ1) is 36.9. The van der Waals surface area contributed by atoms with Gasteiger partial charge in [-0.2, -0.15) is 0 Å². The Labute approximate surface area is 296 Å². The second-order valence-electron chi connectivity index (χ2n) is 17.9. The summed E-state index contributed by atoms with van der Waals surface area (Å²) in [5, 5.41) is 2.12. The third-order valence-corrected chi connectivity index (χ3v) is 23.7. The quantitative estimate of drug-likeness (QED) is 0.187. The van der Waals surface area contributed by atoms with E-state index in [9.17, 15) is 9.59 Å². The van der Waals surface area contributed by atoms with Crippen molar-refractivity contribution in [3.05, 3.63) is 94.7 Å². The van der Waals surface area contributed by atoms with Gasteiger partial charge in [-0.3, -0.25) is 0 Å². The summed E-state index contributed by atoms with van der Waals surface area (Å²) in [5.41, 5.74) is 3.26. The van der Waals surface area contributed by atoms with Gasteiger partial charge >= 0.3 is 11.9 Å². The normalized spacial score (nSPS) is 20.6. The maximum atomic E-state index is 13.8. The molecule has 49 heavy (non-hydrogen) atoms. The number of fused-ring (bicyclic) bond motifs is 6. The molecule has 0 unspecified atom stereocenters. The fraction of sp³-hybridized carbons (Fsp3) is 0.450. The number of esters is 2. The Balaban J connectivity index is 1.82. The summed E-state index contributed by atoms with van der Waals surface area (Å²) in [5.74, 6) is 0.702. The van der Waals surface area contributed by atoms with Crippen molar-refractivity contribution in [2.45, 2.75) is 116 Å². The molecule has 2 heterocycles. The van der Waals surface area contributed by atoms with Crippen molar-refractivity contribution in [3.8, 4) is 11.5 Å². The molecule has 3 aromatic rings. The van der Waals surface area contributed by atoms with Crippen molar-refractivity contribution < 1.29 is 27.9 Å². The average Bonchev–Trinajstić information content (AvgIpc) is 3.25. The lowest BCUT2D eigenvalue weighted by molar-refractivity contribution is 0.00691. The van der Waals surface area contributed by atoms with Gasteiger partial charge in [0.25, 0.3) is 0 Å². The number of carbonyl (C=O) groups excluding carboxylic acids is 2. The van der Waals surface area contributed by atoms with Crippen molar-refractivity contribution >= 4 is 47.0 Å². The van der Waals surface area contributed by atoms with Gasteiger partial charge in [-0.25, -0.2) is 9.59 Å². The van der Waals surface area contributed by atoms with E-state index in [1.54, 1.807) is 18.2 Å². The molecule has 9 heteroatoms. The molecule has 1 spiro atoms. The Hall–Kier alpha value is -3.41. The Morgan fingerprint density at radius 2 is 1.22 bits per heavy atom. The van der Waals surface area contributed by atoms with Gasteiger partial charge in [0, 0.05) is 16.7 Å². The highest BCUT2D eigenvalue weighted by Gasteiger charge is 2.57. The first-order valence-corrected chi connectivity index (χ1v) is 25.6. The van der Waals surface area contributed by atoms with E-state index in [-0.39, 0.29) is 10.1 Å². The highest BCUT2D eigenvalue weighted by molar-refractivity contribution is 7.06. The minimum absolute atomic E-state index is 0.00384. The minimum atomic E-state index is -2.71. The molecule has 0 aliphatic carbocycles. The fourth-order valence-electron chi connectivity index (χ4n) is 6.18. The second-order valence-corrected chi connectivity index (χ2v) is 31.2.